The van der Waals surface area contributed by atoms with Gasteiger partial charge in [0.15, 0.2) is 0 Å². The molecule has 136 valence electrons. The van der Waals surface area contributed by atoms with Gasteiger partial charge >= 0.3 is 0 Å². The van der Waals surface area contributed by atoms with E-state index in [4.69, 9.17) is 28.9 Å². The lowest BCUT2D eigenvalue weighted by molar-refractivity contribution is 0.499. The highest BCUT2D eigenvalue weighted by atomic mass is 35.5. The van der Waals surface area contributed by atoms with E-state index in [1.165, 1.54) is 10.9 Å². The summed E-state index contributed by atoms with van der Waals surface area (Å²) in [5, 5.41) is 3.20. The second kappa shape index (κ2) is 7.27. The second-order valence-electron chi connectivity index (χ2n) is 6.26. The molecule has 7 nitrogen and oxygen atoms in total. The number of fused-ring (bicyclic) bond motifs is 1. The van der Waals surface area contributed by atoms with E-state index in [-0.39, 0.29) is 16.1 Å². The Morgan fingerprint density at radius 2 is 2.28 bits per heavy atom. The predicted octanol–water partition coefficient (Wildman–Crippen LogP) is 2.02. The van der Waals surface area contributed by atoms with Gasteiger partial charge in [-0.2, -0.15) is 0 Å². The number of hydrogen-bond donors (Lipinski definition) is 2. The van der Waals surface area contributed by atoms with Gasteiger partial charge in [-0.15, -0.1) is 0 Å². The average Bonchev–Trinajstić information content (AvgIpc) is 2.90. The Labute approximate surface area is 156 Å². The van der Waals surface area contributed by atoms with E-state index in [9.17, 15) is 4.79 Å². The summed E-state index contributed by atoms with van der Waals surface area (Å²) in [5.41, 5.74) is 8.03. The van der Waals surface area contributed by atoms with Crippen molar-refractivity contribution in [3.05, 3.63) is 27.2 Å². The van der Waals surface area contributed by atoms with Gasteiger partial charge in [0.05, 0.1) is 6.33 Å². The number of aromatic nitrogens is 3. The summed E-state index contributed by atoms with van der Waals surface area (Å²) in [6, 6.07) is 0.105. The maximum atomic E-state index is 12.8. The molecule has 1 aliphatic rings. The topological polar surface area (TPSA) is 81.1 Å². The summed E-state index contributed by atoms with van der Waals surface area (Å²) in [6.45, 7) is 1.98. The van der Waals surface area contributed by atoms with Crippen molar-refractivity contribution in [2.75, 3.05) is 30.4 Å². The number of rotatable bonds is 4. The molecule has 9 heteroatoms. The van der Waals surface area contributed by atoms with Gasteiger partial charge in [0.2, 0.25) is 0 Å². The van der Waals surface area contributed by atoms with Crippen LogP contribution in [0.2, 0.25) is 0 Å². The van der Waals surface area contributed by atoms with Gasteiger partial charge in [-0.05, 0) is 18.9 Å². The number of nitrogens with two attached hydrogens (primary N) is 1. The average molecular weight is 385 g/mol. The number of piperidine rings is 1. The number of halogens is 2. The Bertz CT molecular complexity index is 868. The van der Waals surface area contributed by atoms with E-state index in [1.54, 1.807) is 13.1 Å². The highest BCUT2D eigenvalue weighted by Gasteiger charge is 2.27. The second-order valence-corrected chi connectivity index (χ2v) is 7.27. The molecule has 2 aromatic rings. The predicted molar refractivity (Wildman–Crippen MR) is 104 cm³/mol. The van der Waals surface area contributed by atoms with Crippen molar-refractivity contribution in [2.24, 2.45) is 12.8 Å². The molecule has 3 heterocycles. The number of nitrogens with one attached hydrogen (secondary N) is 1. The molecule has 0 aromatic carbocycles. The van der Waals surface area contributed by atoms with Crippen LogP contribution >= 0.6 is 23.2 Å². The zero-order valence-electron chi connectivity index (χ0n) is 14.3. The molecule has 1 aliphatic heterocycles. The number of aryl methyl sites for hydroxylation is 1. The van der Waals surface area contributed by atoms with Crippen LogP contribution in [0.4, 0.5) is 11.5 Å². The lowest BCUT2D eigenvalue weighted by atomic mass is 10.1. The lowest BCUT2D eigenvalue weighted by Crippen LogP contribution is -2.43. The molecular weight excluding hydrogens is 363 g/mol. The Kier molecular flexibility index (Phi) is 5.27. The minimum atomic E-state index is -0.117. The third-order valence-corrected chi connectivity index (χ3v) is 4.84. The van der Waals surface area contributed by atoms with Crippen molar-refractivity contribution in [2.45, 2.75) is 25.4 Å². The van der Waals surface area contributed by atoms with Crippen molar-refractivity contribution in [3.63, 3.8) is 0 Å². The largest absolute Gasteiger partial charge is 0.383 e. The summed E-state index contributed by atoms with van der Waals surface area (Å²) < 4.78 is 3.55. The fourth-order valence-electron chi connectivity index (χ4n) is 3.40. The Morgan fingerprint density at radius 1 is 1.52 bits per heavy atom. The maximum absolute atomic E-state index is 12.8. The van der Waals surface area contributed by atoms with Crippen LogP contribution in [0.25, 0.3) is 11.0 Å². The molecule has 3 rings (SSSR count). The van der Waals surface area contributed by atoms with E-state index in [0.717, 1.165) is 37.4 Å². The molecule has 0 saturated carbocycles. The highest BCUT2D eigenvalue weighted by Crippen LogP contribution is 2.36. The fraction of sp³-hybridized carbons (Fsp3) is 0.500. The van der Waals surface area contributed by atoms with E-state index in [2.05, 4.69) is 15.2 Å². The minimum absolute atomic E-state index is 0.105. The van der Waals surface area contributed by atoms with E-state index < -0.39 is 0 Å². The van der Waals surface area contributed by atoms with Crippen molar-refractivity contribution < 1.29 is 0 Å². The molecule has 0 unspecified atom stereocenters. The molecule has 1 saturated heterocycles. The molecule has 25 heavy (non-hydrogen) atoms. The minimum Gasteiger partial charge on any atom is -0.383 e. The first-order valence-electron chi connectivity index (χ1n) is 8.21. The van der Waals surface area contributed by atoms with Gasteiger partial charge in [0.25, 0.3) is 5.56 Å². The monoisotopic (exact) mass is 384 g/mol. The Balaban J connectivity index is 2.28. The van der Waals surface area contributed by atoms with Crippen LogP contribution in [0.5, 0.6) is 0 Å². The molecule has 1 atom stereocenters. The number of anilines is 2. The van der Waals surface area contributed by atoms with Gasteiger partial charge in [-0.1, -0.05) is 23.2 Å². The molecule has 0 amide bonds. The third-order valence-electron chi connectivity index (χ3n) is 4.53. The molecule has 1 fully saturated rings. The van der Waals surface area contributed by atoms with Crippen LogP contribution in [0.3, 0.4) is 0 Å². The first-order valence-corrected chi connectivity index (χ1v) is 8.97. The number of hydrogen-bond acceptors (Lipinski definition) is 5. The maximum Gasteiger partial charge on any atom is 0.277 e. The normalized spacial score (nSPS) is 17.8. The van der Waals surface area contributed by atoms with Crippen LogP contribution < -0.4 is 21.5 Å². The van der Waals surface area contributed by atoms with Crippen LogP contribution in [0.15, 0.2) is 21.7 Å². The first kappa shape index (κ1) is 18.1. The van der Waals surface area contributed by atoms with Crippen molar-refractivity contribution in [3.8, 4) is 0 Å². The summed E-state index contributed by atoms with van der Waals surface area (Å²) >= 11 is 11.6. The van der Waals surface area contributed by atoms with E-state index in [0.29, 0.717) is 17.6 Å². The highest BCUT2D eigenvalue weighted by molar-refractivity contribution is 6.55. The van der Waals surface area contributed by atoms with Gasteiger partial charge in [0.1, 0.15) is 27.0 Å². The Morgan fingerprint density at radius 3 is 2.92 bits per heavy atom. The van der Waals surface area contributed by atoms with Crippen LogP contribution in [0, 0.1) is 0 Å². The smallest absolute Gasteiger partial charge is 0.277 e. The molecule has 2 aromatic heterocycles. The lowest BCUT2D eigenvalue weighted by Gasteiger charge is -2.33. The number of allylic oxidation sites excluding steroid dienone is 1. The van der Waals surface area contributed by atoms with E-state index in [1.807, 2.05) is 11.6 Å². The summed E-state index contributed by atoms with van der Waals surface area (Å²) in [5.74, 6) is 0.897. The third kappa shape index (κ3) is 3.36. The SMILES string of the molecule is CNc1c(N2CCC[C@H](N)C2)n(CC=C(Cl)Cl)c2c(=O)n(C)cnc12. The van der Waals surface area contributed by atoms with Crippen molar-refractivity contribution >= 4 is 45.7 Å². The molecule has 3 N–H and O–H groups in total. The van der Waals surface area contributed by atoms with Crippen molar-refractivity contribution in [1.82, 2.24) is 14.1 Å². The van der Waals surface area contributed by atoms with Crippen LogP contribution in [-0.2, 0) is 13.6 Å². The van der Waals surface area contributed by atoms with Gasteiger partial charge in [0, 0.05) is 39.8 Å². The van der Waals surface area contributed by atoms with E-state index >= 15 is 0 Å². The fourth-order valence-corrected chi connectivity index (χ4v) is 3.54. The molecule has 0 bridgehead atoms. The number of nitrogens with zero attached hydrogens (tertiary/aromatic N) is 4. The first-order chi connectivity index (χ1) is 11.9. The van der Waals surface area contributed by atoms with Crippen LogP contribution in [0.1, 0.15) is 12.8 Å². The van der Waals surface area contributed by atoms with Gasteiger partial charge < -0.3 is 25.1 Å². The summed E-state index contributed by atoms with van der Waals surface area (Å²) in [6.07, 6.45) is 5.20. The quantitative estimate of drug-likeness (QED) is 0.842. The standard InChI is InChI=1S/C16H22Cl2N6O/c1-20-13-12-14(16(25)22(2)9-21-12)24(7-5-11(17)18)15(13)23-6-3-4-10(19)8-23/h5,9-10,20H,3-4,6-8,19H2,1-2H3/t10-/m0/s1. The Hall–Kier alpha value is -1.70. The van der Waals surface area contributed by atoms with Crippen LogP contribution in [-0.4, -0.2) is 40.3 Å². The van der Waals surface area contributed by atoms with Gasteiger partial charge in [-0.3, -0.25) is 4.79 Å². The van der Waals surface area contributed by atoms with Gasteiger partial charge in [-0.25, -0.2) is 4.98 Å². The molecular formula is C16H22Cl2N6O. The molecule has 0 aliphatic carbocycles. The molecule has 0 spiro atoms. The summed E-state index contributed by atoms with van der Waals surface area (Å²) in [7, 11) is 3.52. The zero-order chi connectivity index (χ0) is 18.1. The summed E-state index contributed by atoms with van der Waals surface area (Å²) in [4.78, 5) is 19.4. The zero-order valence-corrected chi connectivity index (χ0v) is 15.8. The molecule has 0 radical (unpaired) electrons. The van der Waals surface area contributed by atoms with Crippen molar-refractivity contribution in [1.29, 1.82) is 0 Å².